The van der Waals surface area contributed by atoms with Crippen molar-refractivity contribution in [1.82, 2.24) is 0 Å². The Bertz CT molecular complexity index is 788. The lowest BCUT2D eigenvalue weighted by molar-refractivity contribution is -0.187. The quantitative estimate of drug-likeness (QED) is 0.678. The molecule has 0 aromatic carbocycles. The van der Waals surface area contributed by atoms with Gasteiger partial charge in [0.2, 0.25) is 5.60 Å². The highest BCUT2D eigenvalue weighted by molar-refractivity contribution is 5.92. The molecule has 4 aliphatic rings. The van der Waals surface area contributed by atoms with Crippen molar-refractivity contribution in [3.8, 4) is 0 Å². The average Bonchev–Trinajstić information content (AvgIpc) is 2.96. The van der Waals surface area contributed by atoms with Crippen LogP contribution in [0.25, 0.3) is 0 Å². The number of aliphatic hydroxyl groups is 1. The minimum Gasteiger partial charge on any atom is -0.478 e. The first-order valence-corrected chi connectivity index (χ1v) is 10.5. The summed E-state index contributed by atoms with van der Waals surface area (Å²) in [6.45, 7) is 4.01. The van der Waals surface area contributed by atoms with Crippen LogP contribution >= 0.6 is 0 Å². The van der Waals surface area contributed by atoms with Crippen LogP contribution in [-0.4, -0.2) is 46.9 Å². The van der Waals surface area contributed by atoms with Crippen molar-refractivity contribution in [1.29, 1.82) is 0 Å². The Morgan fingerprint density at radius 3 is 2.48 bits per heavy atom. The predicted molar refractivity (Wildman–Crippen MR) is 102 cm³/mol. The van der Waals surface area contributed by atoms with Crippen molar-refractivity contribution in [3.05, 3.63) is 11.6 Å². The molecule has 0 unspecified atom stereocenters. The van der Waals surface area contributed by atoms with Gasteiger partial charge in [0.05, 0.1) is 13.2 Å². The van der Waals surface area contributed by atoms with E-state index in [1.807, 2.05) is 6.92 Å². The summed E-state index contributed by atoms with van der Waals surface area (Å²) in [7, 11) is 1.19. The number of hydrogen-bond acceptors (Lipinski definition) is 6. The maximum absolute atomic E-state index is 12.4. The number of fused-ring (bicyclic) bond motifs is 5. The van der Waals surface area contributed by atoms with Crippen LogP contribution in [0.15, 0.2) is 11.6 Å². The molecule has 0 aromatic rings. The summed E-state index contributed by atoms with van der Waals surface area (Å²) in [6, 6.07) is 0. The number of carboxylic acids is 1. The van der Waals surface area contributed by atoms with Crippen molar-refractivity contribution >= 4 is 17.9 Å². The van der Waals surface area contributed by atoms with Crippen molar-refractivity contribution < 1.29 is 34.1 Å². The highest BCUT2D eigenvalue weighted by Gasteiger charge is 2.70. The molecule has 160 valence electrons. The van der Waals surface area contributed by atoms with Gasteiger partial charge in [-0.1, -0.05) is 19.4 Å². The van der Waals surface area contributed by atoms with Crippen LogP contribution in [0, 0.1) is 28.6 Å². The summed E-state index contributed by atoms with van der Waals surface area (Å²) in [4.78, 5) is 36.3. The van der Waals surface area contributed by atoms with E-state index < -0.39 is 34.7 Å². The number of aliphatic carboxylic acids is 1. The molecule has 7 atom stereocenters. The highest BCUT2D eigenvalue weighted by Crippen LogP contribution is 2.68. The summed E-state index contributed by atoms with van der Waals surface area (Å²) in [5.41, 5.74) is -1.69. The number of carbonyl (C=O) groups excluding carboxylic acids is 2. The minimum absolute atomic E-state index is 0.0127. The fourth-order valence-corrected chi connectivity index (χ4v) is 7.35. The fraction of sp³-hybridized carbons (Fsp3) is 0.773. The number of methoxy groups -OCH3 is 1. The first kappa shape index (κ1) is 20.4. The molecule has 0 bridgehead atoms. The molecule has 4 aliphatic carbocycles. The lowest BCUT2D eigenvalue weighted by Crippen LogP contribution is -2.60. The van der Waals surface area contributed by atoms with Gasteiger partial charge < -0.3 is 19.7 Å². The van der Waals surface area contributed by atoms with Gasteiger partial charge in [-0.25, -0.2) is 9.59 Å². The summed E-state index contributed by atoms with van der Waals surface area (Å²) in [6.07, 6.45) is 4.06. The Kier molecular flexibility index (Phi) is 4.61. The fourth-order valence-electron chi connectivity index (χ4n) is 7.35. The Balaban J connectivity index is 1.71. The lowest BCUT2D eigenvalue weighted by atomic mass is 9.46. The van der Waals surface area contributed by atoms with Gasteiger partial charge >= 0.3 is 12.1 Å². The van der Waals surface area contributed by atoms with E-state index in [2.05, 4.69) is 11.7 Å². The molecule has 0 aromatic heterocycles. The maximum atomic E-state index is 12.4. The third-order valence-electron chi connectivity index (χ3n) is 8.96. The van der Waals surface area contributed by atoms with Crippen LogP contribution in [0.1, 0.15) is 58.8 Å². The van der Waals surface area contributed by atoms with Gasteiger partial charge in [-0.3, -0.25) is 4.79 Å². The van der Waals surface area contributed by atoms with E-state index in [1.54, 1.807) is 6.08 Å². The zero-order chi connectivity index (χ0) is 21.2. The van der Waals surface area contributed by atoms with Crippen LogP contribution in [0.3, 0.4) is 0 Å². The van der Waals surface area contributed by atoms with E-state index in [0.717, 1.165) is 24.8 Å². The summed E-state index contributed by atoms with van der Waals surface area (Å²) in [5.74, 6) is -0.642. The monoisotopic (exact) mass is 406 g/mol. The molecule has 2 N–H and O–H groups in total. The lowest BCUT2D eigenvalue weighted by Gasteiger charge is -2.59. The SMILES string of the molecule is COC(=O)O[C@]1(C(=O)O)CC[C@H]2[C@@H]3CCC4=CC(=O)C[C@@H](O)[C@]4(C)[C@H]3CC[C@@]21C. The topological polar surface area (TPSA) is 110 Å². The number of carbonyl (C=O) groups is 3. The molecule has 0 radical (unpaired) electrons. The third kappa shape index (κ3) is 2.55. The molecule has 0 saturated heterocycles. The number of carboxylic acid groups (broad SMARTS) is 1. The molecule has 3 saturated carbocycles. The standard InChI is InChI=1S/C22H30O7/c1-20-8-6-16-14(5-4-12-10-13(23)11-17(24)21(12,16)2)15(20)7-9-22(20,18(25)26)29-19(27)28-3/h10,14-17,24H,4-9,11H2,1-3H3,(H,25,26)/t14-,15-,16-,17+,20-,21-,22-/m0/s1. The zero-order valence-electron chi connectivity index (χ0n) is 17.3. The molecule has 0 amide bonds. The van der Waals surface area contributed by atoms with Gasteiger partial charge in [0.25, 0.3) is 0 Å². The van der Waals surface area contributed by atoms with Gasteiger partial charge in [0, 0.05) is 17.3 Å². The van der Waals surface area contributed by atoms with Crippen LogP contribution in [0.2, 0.25) is 0 Å². The van der Waals surface area contributed by atoms with Crippen molar-refractivity contribution in [2.24, 2.45) is 28.6 Å². The van der Waals surface area contributed by atoms with Gasteiger partial charge in [-0.15, -0.1) is 0 Å². The minimum atomic E-state index is -1.59. The second-order valence-corrected chi connectivity index (χ2v) is 9.74. The molecule has 0 spiro atoms. The second-order valence-electron chi connectivity index (χ2n) is 9.74. The molecule has 0 heterocycles. The van der Waals surface area contributed by atoms with E-state index in [-0.39, 0.29) is 36.4 Å². The number of ether oxygens (including phenoxy) is 2. The van der Waals surface area contributed by atoms with E-state index in [0.29, 0.717) is 12.8 Å². The number of hydrogen-bond donors (Lipinski definition) is 2. The normalized spacial score (nSPS) is 46.1. The van der Waals surface area contributed by atoms with E-state index >= 15 is 0 Å². The number of ketones is 1. The Morgan fingerprint density at radius 1 is 1.14 bits per heavy atom. The molecule has 0 aliphatic heterocycles. The Labute approximate surface area is 170 Å². The molecule has 29 heavy (non-hydrogen) atoms. The van der Waals surface area contributed by atoms with E-state index in [9.17, 15) is 24.6 Å². The van der Waals surface area contributed by atoms with Crippen molar-refractivity contribution in [2.45, 2.75) is 70.5 Å². The highest BCUT2D eigenvalue weighted by atomic mass is 16.7. The summed E-state index contributed by atoms with van der Waals surface area (Å²) in [5, 5.41) is 21.0. The summed E-state index contributed by atoms with van der Waals surface area (Å²) >= 11 is 0. The van der Waals surface area contributed by atoms with Crippen LogP contribution in [0.4, 0.5) is 4.79 Å². The smallest absolute Gasteiger partial charge is 0.478 e. The first-order valence-electron chi connectivity index (χ1n) is 10.5. The number of aliphatic hydroxyl groups excluding tert-OH is 1. The molecule has 7 nitrogen and oxygen atoms in total. The van der Waals surface area contributed by atoms with Gasteiger partial charge in [0.15, 0.2) is 5.78 Å². The second kappa shape index (κ2) is 6.56. The molecular formula is C22H30O7. The molecule has 7 heteroatoms. The maximum Gasteiger partial charge on any atom is 0.509 e. The molecular weight excluding hydrogens is 376 g/mol. The van der Waals surface area contributed by atoms with Crippen LogP contribution in [-0.2, 0) is 19.1 Å². The van der Waals surface area contributed by atoms with Crippen LogP contribution in [0.5, 0.6) is 0 Å². The van der Waals surface area contributed by atoms with Crippen molar-refractivity contribution in [3.63, 3.8) is 0 Å². The molecule has 4 rings (SSSR count). The average molecular weight is 406 g/mol. The summed E-state index contributed by atoms with van der Waals surface area (Å²) < 4.78 is 10.1. The largest absolute Gasteiger partial charge is 0.509 e. The first-order chi connectivity index (χ1) is 13.6. The van der Waals surface area contributed by atoms with Gasteiger partial charge in [0.1, 0.15) is 0 Å². The van der Waals surface area contributed by atoms with E-state index in [1.165, 1.54) is 7.11 Å². The van der Waals surface area contributed by atoms with Gasteiger partial charge in [-0.05, 0) is 62.4 Å². The van der Waals surface area contributed by atoms with E-state index in [4.69, 9.17) is 4.74 Å². The van der Waals surface area contributed by atoms with Crippen molar-refractivity contribution in [2.75, 3.05) is 7.11 Å². The Hall–Kier alpha value is -1.89. The third-order valence-corrected chi connectivity index (χ3v) is 8.96. The van der Waals surface area contributed by atoms with Crippen LogP contribution < -0.4 is 0 Å². The van der Waals surface area contributed by atoms with Gasteiger partial charge in [-0.2, -0.15) is 0 Å². The number of rotatable bonds is 2. The molecule has 3 fully saturated rings. The zero-order valence-corrected chi connectivity index (χ0v) is 17.3. The predicted octanol–water partition coefficient (Wildman–Crippen LogP) is 3.10. The Morgan fingerprint density at radius 2 is 1.83 bits per heavy atom.